The second kappa shape index (κ2) is 8.23. The third-order valence-electron chi connectivity index (χ3n) is 5.16. The third-order valence-corrected chi connectivity index (χ3v) is 5.16. The number of amides is 3. The van der Waals surface area contributed by atoms with Crippen LogP contribution in [0, 0.1) is 0 Å². The quantitative estimate of drug-likeness (QED) is 0.886. The summed E-state index contributed by atoms with van der Waals surface area (Å²) in [6.45, 7) is 4.83. The van der Waals surface area contributed by atoms with Gasteiger partial charge in [-0.2, -0.15) is 0 Å². The Morgan fingerprint density at radius 1 is 0.960 bits per heavy atom. The van der Waals surface area contributed by atoms with Crippen LogP contribution in [0.5, 0.6) is 0 Å². The zero-order valence-electron chi connectivity index (χ0n) is 15.0. The Morgan fingerprint density at radius 3 is 2.20 bits per heavy atom. The average Bonchev–Trinajstić information content (AvgIpc) is 2.63. The van der Waals surface area contributed by atoms with Gasteiger partial charge in [0.25, 0.3) is 0 Å². The molecule has 1 aliphatic heterocycles. The van der Waals surface area contributed by atoms with Crippen LogP contribution in [-0.4, -0.2) is 49.1 Å². The molecule has 1 aliphatic carbocycles. The molecule has 0 aromatic heterocycles. The Bertz CT molecular complexity index is 588. The highest BCUT2D eigenvalue weighted by molar-refractivity contribution is 5.89. The number of nitrogens with zero attached hydrogens (tertiary/aromatic N) is 2. The van der Waals surface area contributed by atoms with Crippen molar-refractivity contribution in [1.82, 2.24) is 10.2 Å². The van der Waals surface area contributed by atoms with Gasteiger partial charge in [0.2, 0.25) is 5.91 Å². The molecule has 6 nitrogen and oxygen atoms in total. The molecule has 2 N–H and O–H groups in total. The van der Waals surface area contributed by atoms with Crippen LogP contribution in [0.1, 0.15) is 39.0 Å². The highest BCUT2D eigenvalue weighted by Crippen LogP contribution is 2.20. The summed E-state index contributed by atoms with van der Waals surface area (Å²) >= 11 is 0. The molecule has 0 atom stereocenters. The average molecular weight is 344 g/mol. The largest absolute Gasteiger partial charge is 0.368 e. The summed E-state index contributed by atoms with van der Waals surface area (Å²) in [6, 6.07) is 8.12. The summed E-state index contributed by atoms with van der Waals surface area (Å²) in [7, 11) is 0. The van der Waals surface area contributed by atoms with Gasteiger partial charge in [0.15, 0.2) is 0 Å². The highest BCUT2D eigenvalue weighted by atomic mass is 16.2. The lowest BCUT2D eigenvalue weighted by atomic mass is 9.96. The molecule has 1 aromatic rings. The lowest BCUT2D eigenvalue weighted by molar-refractivity contribution is -0.129. The number of hydrogen-bond donors (Lipinski definition) is 2. The van der Waals surface area contributed by atoms with Crippen LogP contribution < -0.4 is 15.5 Å². The van der Waals surface area contributed by atoms with E-state index in [0.29, 0.717) is 6.04 Å². The van der Waals surface area contributed by atoms with Gasteiger partial charge >= 0.3 is 6.03 Å². The number of piperazine rings is 1. The second-order valence-corrected chi connectivity index (χ2v) is 6.97. The standard InChI is InChI=1S/C19H28N4O2/c1-15(24)22-11-13-23(14-12-22)18-9-7-17(8-10-18)21-19(25)20-16-5-3-2-4-6-16/h7-10,16H,2-6,11-14H2,1H3,(H2,20,21,25). The Morgan fingerprint density at radius 2 is 1.60 bits per heavy atom. The van der Waals surface area contributed by atoms with Gasteiger partial charge in [-0.05, 0) is 37.1 Å². The van der Waals surface area contributed by atoms with Crippen molar-refractivity contribution in [3.8, 4) is 0 Å². The number of rotatable bonds is 3. The number of anilines is 2. The Kier molecular flexibility index (Phi) is 5.79. The van der Waals surface area contributed by atoms with Gasteiger partial charge in [-0.3, -0.25) is 4.79 Å². The molecular weight excluding hydrogens is 316 g/mol. The van der Waals surface area contributed by atoms with Gasteiger partial charge in [0.1, 0.15) is 0 Å². The van der Waals surface area contributed by atoms with E-state index in [1.807, 2.05) is 29.2 Å². The summed E-state index contributed by atoms with van der Waals surface area (Å²) in [4.78, 5) is 27.6. The van der Waals surface area contributed by atoms with E-state index < -0.39 is 0 Å². The Hall–Kier alpha value is -2.24. The summed E-state index contributed by atoms with van der Waals surface area (Å²) in [6.07, 6.45) is 5.85. The first-order valence-corrected chi connectivity index (χ1v) is 9.30. The predicted octanol–water partition coefficient (Wildman–Crippen LogP) is 2.81. The summed E-state index contributed by atoms with van der Waals surface area (Å²) in [5.41, 5.74) is 1.93. The molecule has 3 amide bonds. The molecule has 0 bridgehead atoms. The van der Waals surface area contributed by atoms with Crippen LogP contribution in [0.2, 0.25) is 0 Å². The normalized spacial score (nSPS) is 18.8. The fourth-order valence-electron chi connectivity index (χ4n) is 3.63. The summed E-state index contributed by atoms with van der Waals surface area (Å²) in [5.74, 6) is 0.142. The lowest BCUT2D eigenvalue weighted by Crippen LogP contribution is -2.48. The molecule has 1 heterocycles. The predicted molar refractivity (Wildman–Crippen MR) is 99.9 cm³/mol. The number of hydrogen-bond acceptors (Lipinski definition) is 3. The molecule has 3 rings (SSSR count). The fourth-order valence-corrected chi connectivity index (χ4v) is 3.63. The first kappa shape index (κ1) is 17.6. The van der Waals surface area contributed by atoms with Crippen molar-refractivity contribution in [3.05, 3.63) is 24.3 Å². The van der Waals surface area contributed by atoms with Gasteiger partial charge in [0, 0.05) is 50.5 Å². The van der Waals surface area contributed by atoms with E-state index in [-0.39, 0.29) is 11.9 Å². The van der Waals surface area contributed by atoms with E-state index in [0.717, 1.165) is 50.4 Å². The summed E-state index contributed by atoms with van der Waals surface area (Å²) < 4.78 is 0. The number of urea groups is 1. The highest BCUT2D eigenvalue weighted by Gasteiger charge is 2.19. The first-order valence-electron chi connectivity index (χ1n) is 9.30. The van der Waals surface area contributed by atoms with Crippen LogP contribution in [-0.2, 0) is 4.79 Å². The molecule has 136 valence electrons. The van der Waals surface area contributed by atoms with Crippen LogP contribution in [0.15, 0.2) is 24.3 Å². The SMILES string of the molecule is CC(=O)N1CCN(c2ccc(NC(=O)NC3CCCCC3)cc2)CC1. The zero-order chi connectivity index (χ0) is 17.6. The number of carbonyl (C=O) groups excluding carboxylic acids is 2. The van der Waals surface area contributed by atoms with Crippen LogP contribution in [0.4, 0.5) is 16.2 Å². The second-order valence-electron chi connectivity index (χ2n) is 6.97. The molecular formula is C19H28N4O2. The molecule has 2 fully saturated rings. The van der Waals surface area contributed by atoms with Crippen LogP contribution in [0.3, 0.4) is 0 Å². The van der Waals surface area contributed by atoms with E-state index in [2.05, 4.69) is 15.5 Å². The molecule has 1 saturated carbocycles. The topological polar surface area (TPSA) is 64.7 Å². The molecule has 0 spiro atoms. The number of carbonyl (C=O) groups is 2. The molecule has 6 heteroatoms. The Balaban J connectivity index is 1.48. The number of nitrogens with one attached hydrogen (secondary N) is 2. The van der Waals surface area contributed by atoms with Crippen molar-refractivity contribution in [2.45, 2.75) is 45.1 Å². The maximum absolute atomic E-state index is 12.1. The molecule has 0 radical (unpaired) electrons. The minimum Gasteiger partial charge on any atom is -0.368 e. The van der Waals surface area contributed by atoms with E-state index >= 15 is 0 Å². The molecule has 1 aromatic carbocycles. The van der Waals surface area contributed by atoms with E-state index in [9.17, 15) is 9.59 Å². The molecule has 0 unspecified atom stereocenters. The van der Waals surface area contributed by atoms with E-state index in [4.69, 9.17) is 0 Å². The maximum Gasteiger partial charge on any atom is 0.319 e. The van der Waals surface area contributed by atoms with Crippen molar-refractivity contribution in [2.24, 2.45) is 0 Å². The van der Waals surface area contributed by atoms with Crippen LogP contribution >= 0.6 is 0 Å². The monoisotopic (exact) mass is 344 g/mol. The first-order chi connectivity index (χ1) is 12.1. The molecule has 2 aliphatic rings. The van der Waals surface area contributed by atoms with Gasteiger partial charge in [-0.25, -0.2) is 4.79 Å². The fraction of sp³-hybridized carbons (Fsp3) is 0.579. The minimum absolute atomic E-state index is 0.116. The van der Waals surface area contributed by atoms with Crippen molar-refractivity contribution in [1.29, 1.82) is 0 Å². The lowest BCUT2D eigenvalue weighted by Gasteiger charge is -2.35. The third kappa shape index (κ3) is 4.87. The zero-order valence-corrected chi connectivity index (χ0v) is 15.0. The van der Waals surface area contributed by atoms with E-state index in [1.54, 1.807) is 6.92 Å². The smallest absolute Gasteiger partial charge is 0.319 e. The summed E-state index contributed by atoms with van der Waals surface area (Å²) in [5, 5.41) is 5.98. The Labute approximate surface area is 149 Å². The van der Waals surface area contributed by atoms with Crippen molar-refractivity contribution in [2.75, 3.05) is 36.4 Å². The van der Waals surface area contributed by atoms with Crippen molar-refractivity contribution >= 4 is 23.3 Å². The van der Waals surface area contributed by atoms with Crippen molar-refractivity contribution < 1.29 is 9.59 Å². The van der Waals surface area contributed by atoms with Crippen LogP contribution in [0.25, 0.3) is 0 Å². The van der Waals surface area contributed by atoms with Gasteiger partial charge in [-0.15, -0.1) is 0 Å². The van der Waals surface area contributed by atoms with Crippen molar-refractivity contribution in [3.63, 3.8) is 0 Å². The number of benzene rings is 1. The maximum atomic E-state index is 12.1. The van der Waals surface area contributed by atoms with E-state index in [1.165, 1.54) is 19.3 Å². The van der Waals surface area contributed by atoms with Gasteiger partial charge in [0.05, 0.1) is 0 Å². The molecule has 25 heavy (non-hydrogen) atoms. The molecule has 1 saturated heterocycles. The van der Waals surface area contributed by atoms with Gasteiger partial charge in [-0.1, -0.05) is 19.3 Å². The van der Waals surface area contributed by atoms with Gasteiger partial charge < -0.3 is 20.4 Å². The minimum atomic E-state index is -0.116.